The molecule has 0 unspecified atom stereocenters. The predicted octanol–water partition coefficient (Wildman–Crippen LogP) is 1.35. The maximum atomic E-state index is 12.2. The van der Waals surface area contributed by atoms with Crippen LogP contribution in [0.1, 0.15) is 0 Å². The van der Waals surface area contributed by atoms with Crippen LogP contribution in [0.4, 0.5) is 10.5 Å². The number of nitrogens with one attached hydrogen (secondary N) is 1. The number of anilines is 1. The Balaban J connectivity index is 1.36. The van der Waals surface area contributed by atoms with Crippen molar-refractivity contribution < 1.29 is 14.3 Å². The van der Waals surface area contributed by atoms with E-state index in [-0.39, 0.29) is 12.0 Å². The lowest BCUT2D eigenvalue weighted by atomic mass is 10.3. The molecule has 2 saturated heterocycles. The molecule has 2 fully saturated rings. The molecule has 2 amide bonds. The number of hydrogen-bond donors (Lipinski definition) is 1. The number of ether oxygens (including phenoxy) is 1. The summed E-state index contributed by atoms with van der Waals surface area (Å²) in [6.07, 6.45) is -0.213. The van der Waals surface area contributed by atoms with E-state index >= 15 is 0 Å². The minimum absolute atomic E-state index is 0.0543. The number of cyclic esters (lactones) is 1. The Morgan fingerprint density at radius 1 is 1.08 bits per heavy atom. The average molecular weight is 367 g/mol. The Morgan fingerprint density at radius 3 is 2.48 bits per heavy atom. The van der Waals surface area contributed by atoms with Crippen molar-refractivity contribution in [3.63, 3.8) is 0 Å². The lowest BCUT2D eigenvalue weighted by molar-refractivity contribution is -0.117. The van der Waals surface area contributed by atoms with Gasteiger partial charge in [-0.3, -0.25) is 14.6 Å². The van der Waals surface area contributed by atoms with E-state index in [0.717, 1.165) is 32.7 Å². The van der Waals surface area contributed by atoms with Gasteiger partial charge in [0.1, 0.15) is 6.61 Å². The molecule has 0 aliphatic carbocycles. The maximum Gasteiger partial charge on any atom is 0.409 e. The summed E-state index contributed by atoms with van der Waals surface area (Å²) in [6.45, 7) is 6.53. The lowest BCUT2D eigenvalue weighted by Gasteiger charge is -2.34. The third-order valence-electron chi connectivity index (χ3n) is 4.51. The van der Waals surface area contributed by atoms with Gasteiger partial charge in [-0.1, -0.05) is 23.7 Å². The van der Waals surface area contributed by atoms with Crippen LogP contribution in [0.5, 0.6) is 0 Å². The molecule has 0 spiro atoms. The van der Waals surface area contributed by atoms with Crippen LogP contribution in [0.25, 0.3) is 0 Å². The molecule has 25 heavy (non-hydrogen) atoms. The number of rotatable bonds is 6. The van der Waals surface area contributed by atoms with Crippen LogP contribution in [0.15, 0.2) is 24.3 Å². The summed E-state index contributed by atoms with van der Waals surface area (Å²) >= 11 is 6.06. The van der Waals surface area contributed by atoms with E-state index in [1.165, 1.54) is 0 Å². The Labute approximate surface area is 152 Å². The van der Waals surface area contributed by atoms with Gasteiger partial charge >= 0.3 is 6.09 Å². The summed E-state index contributed by atoms with van der Waals surface area (Å²) < 4.78 is 4.93. The number of halogens is 1. The van der Waals surface area contributed by atoms with Crippen LogP contribution in [-0.4, -0.2) is 85.7 Å². The molecule has 0 radical (unpaired) electrons. The zero-order chi connectivity index (χ0) is 17.6. The van der Waals surface area contributed by atoms with Gasteiger partial charge in [0.2, 0.25) is 5.91 Å². The Bertz CT molecular complexity index is 620. The maximum absolute atomic E-state index is 12.2. The van der Waals surface area contributed by atoms with E-state index in [2.05, 4.69) is 15.1 Å². The van der Waals surface area contributed by atoms with Crippen LogP contribution in [0.2, 0.25) is 5.02 Å². The van der Waals surface area contributed by atoms with E-state index < -0.39 is 0 Å². The van der Waals surface area contributed by atoms with E-state index in [0.29, 0.717) is 37.0 Å². The van der Waals surface area contributed by atoms with Crippen molar-refractivity contribution in [1.29, 1.82) is 0 Å². The second-order valence-electron chi connectivity index (χ2n) is 6.25. The lowest BCUT2D eigenvalue weighted by Crippen LogP contribution is -2.50. The fraction of sp³-hybridized carbons (Fsp3) is 0.529. The van der Waals surface area contributed by atoms with Gasteiger partial charge in [-0.25, -0.2) is 4.79 Å². The Hall–Kier alpha value is -1.83. The molecule has 2 heterocycles. The van der Waals surface area contributed by atoms with Crippen molar-refractivity contribution in [3.8, 4) is 0 Å². The SMILES string of the molecule is O=C(CN1CCN(CCN2CCOC2=O)CC1)Nc1ccccc1Cl. The topological polar surface area (TPSA) is 65.1 Å². The van der Waals surface area contributed by atoms with E-state index in [1.54, 1.807) is 17.0 Å². The summed E-state index contributed by atoms with van der Waals surface area (Å²) in [6, 6.07) is 7.23. The normalized spacial score (nSPS) is 19.1. The highest BCUT2D eigenvalue weighted by Crippen LogP contribution is 2.20. The van der Waals surface area contributed by atoms with Crippen LogP contribution < -0.4 is 5.32 Å². The van der Waals surface area contributed by atoms with Gasteiger partial charge in [0.15, 0.2) is 0 Å². The van der Waals surface area contributed by atoms with Gasteiger partial charge in [-0.2, -0.15) is 0 Å². The third kappa shape index (κ3) is 5.07. The van der Waals surface area contributed by atoms with Crippen LogP contribution in [0.3, 0.4) is 0 Å². The molecule has 136 valence electrons. The van der Waals surface area contributed by atoms with E-state index in [4.69, 9.17) is 16.3 Å². The first kappa shape index (κ1) is 18.0. The minimum atomic E-state index is -0.213. The summed E-state index contributed by atoms with van der Waals surface area (Å²) in [7, 11) is 0. The molecule has 0 atom stereocenters. The first-order chi connectivity index (χ1) is 12.1. The fourth-order valence-corrected chi connectivity index (χ4v) is 3.20. The molecule has 2 aliphatic rings. The monoisotopic (exact) mass is 366 g/mol. The van der Waals surface area contributed by atoms with Crippen LogP contribution >= 0.6 is 11.6 Å². The Morgan fingerprint density at radius 2 is 1.80 bits per heavy atom. The molecule has 0 aromatic heterocycles. The molecule has 0 bridgehead atoms. The molecule has 2 aliphatic heterocycles. The second-order valence-corrected chi connectivity index (χ2v) is 6.65. The fourth-order valence-electron chi connectivity index (χ4n) is 3.02. The third-order valence-corrected chi connectivity index (χ3v) is 4.84. The number of amides is 2. The van der Waals surface area contributed by atoms with Gasteiger partial charge in [0.25, 0.3) is 0 Å². The van der Waals surface area contributed by atoms with Crippen molar-refractivity contribution in [2.24, 2.45) is 0 Å². The van der Waals surface area contributed by atoms with Crippen LogP contribution in [-0.2, 0) is 9.53 Å². The average Bonchev–Trinajstić information content (AvgIpc) is 3.01. The zero-order valence-corrected chi connectivity index (χ0v) is 14.9. The van der Waals surface area contributed by atoms with Gasteiger partial charge in [0, 0.05) is 39.3 Å². The van der Waals surface area contributed by atoms with Gasteiger partial charge < -0.3 is 15.0 Å². The van der Waals surface area contributed by atoms with Crippen molar-refractivity contribution in [3.05, 3.63) is 29.3 Å². The highest BCUT2D eigenvalue weighted by molar-refractivity contribution is 6.33. The molecule has 7 nitrogen and oxygen atoms in total. The van der Waals surface area contributed by atoms with Crippen molar-refractivity contribution in [1.82, 2.24) is 14.7 Å². The highest BCUT2D eigenvalue weighted by Gasteiger charge is 2.24. The molecular formula is C17H23ClN4O3. The largest absolute Gasteiger partial charge is 0.448 e. The molecule has 1 aromatic carbocycles. The van der Waals surface area contributed by atoms with Gasteiger partial charge in [-0.05, 0) is 12.1 Å². The van der Waals surface area contributed by atoms with E-state index in [1.807, 2.05) is 12.1 Å². The number of hydrogen-bond acceptors (Lipinski definition) is 5. The van der Waals surface area contributed by atoms with Crippen LogP contribution in [0, 0.1) is 0 Å². The Kier molecular flexibility index (Phi) is 6.12. The second kappa shape index (κ2) is 8.51. The number of carbonyl (C=O) groups is 2. The van der Waals surface area contributed by atoms with Crippen molar-refractivity contribution in [2.45, 2.75) is 0 Å². The standard InChI is InChI=1S/C17H23ClN4O3/c18-14-3-1-2-4-15(14)19-16(23)13-21-7-5-20(6-8-21)9-10-22-11-12-25-17(22)24/h1-4H,5-13H2,(H,19,23). The summed E-state index contributed by atoms with van der Waals surface area (Å²) in [5, 5.41) is 3.39. The first-order valence-electron chi connectivity index (χ1n) is 8.52. The first-order valence-corrected chi connectivity index (χ1v) is 8.90. The molecule has 0 saturated carbocycles. The summed E-state index contributed by atoms with van der Waals surface area (Å²) in [5.41, 5.74) is 0.644. The van der Waals surface area contributed by atoms with Gasteiger partial charge in [-0.15, -0.1) is 0 Å². The predicted molar refractivity (Wildman–Crippen MR) is 95.9 cm³/mol. The molecule has 1 aromatic rings. The number of para-hydroxylation sites is 1. The molecular weight excluding hydrogens is 344 g/mol. The summed E-state index contributed by atoms with van der Waals surface area (Å²) in [4.78, 5) is 29.8. The van der Waals surface area contributed by atoms with Crippen molar-refractivity contribution in [2.75, 3.05) is 64.3 Å². The quantitative estimate of drug-likeness (QED) is 0.823. The zero-order valence-electron chi connectivity index (χ0n) is 14.1. The van der Waals surface area contributed by atoms with E-state index in [9.17, 15) is 9.59 Å². The molecule has 3 rings (SSSR count). The number of nitrogens with zero attached hydrogens (tertiary/aromatic N) is 3. The molecule has 8 heteroatoms. The number of piperazine rings is 1. The summed E-state index contributed by atoms with van der Waals surface area (Å²) in [5.74, 6) is -0.0543. The highest BCUT2D eigenvalue weighted by atomic mass is 35.5. The van der Waals surface area contributed by atoms with Gasteiger partial charge in [0.05, 0.1) is 23.8 Å². The smallest absolute Gasteiger partial charge is 0.409 e. The van der Waals surface area contributed by atoms with Crippen molar-refractivity contribution >= 4 is 29.3 Å². The number of benzene rings is 1. The number of carbonyl (C=O) groups excluding carboxylic acids is 2. The molecule has 1 N–H and O–H groups in total. The minimum Gasteiger partial charge on any atom is -0.448 e.